The van der Waals surface area contributed by atoms with Crippen molar-refractivity contribution in [2.45, 2.75) is 25.4 Å². The van der Waals surface area contributed by atoms with Crippen LogP contribution in [0, 0.1) is 0 Å². The van der Waals surface area contributed by atoms with Crippen molar-refractivity contribution in [2.75, 3.05) is 51.5 Å². The van der Waals surface area contributed by atoms with Crippen molar-refractivity contribution in [2.24, 2.45) is 0 Å². The average molecular weight is 594 g/mol. The molecule has 0 unspecified atom stereocenters. The molecule has 42 heavy (non-hydrogen) atoms. The van der Waals surface area contributed by atoms with Gasteiger partial charge in [0.15, 0.2) is 0 Å². The molecule has 0 radical (unpaired) electrons. The van der Waals surface area contributed by atoms with Crippen LogP contribution in [0.25, 0.3) is 0 Å². The number of amides is 3. The third kappa shape index (κ3) is 8.41. The van der Waals surface area contributed by atoms with E-state index >= 15 is 0 Å². The Labute approximate surface area is 250 Å². The molecule has 1 aromatic heterocycles. The summed E-state index contributed by atoms with van der Waals surface area (Å²) in [5.41, 5.74) is 2.43. The van der Waals surface area contributed by atoms with Crippen molar-refractivity contribution in [1.82, 2.24) is 25.3 Å². The number of aromatic amines is 1. The van der Waals surface area contributed by atoms with Gasteiger partial charge >= 0.3 is 0 Å². The van der Waals surface area contributed by atoms with Gasteiger partial charge in [0, 0.05) is 44.0 Å². The Morgan fingerprint density at radius 3 is 2.62 bits per heavy atom. The summed E-state index contributed by atoms with van der Waals surface area (Å²) in [5.74, 6) is -0.694. The number of methoxy groups -OCH3 is 1. The second-order valence-corrected chi connectivity index (χ2v) is 10.7. The van der Waals surface area contributed by atoms with Crippen molar-refractivity contribution < 1.29 is 19.1 Å². The molecular formula is C30H36ClN7O4. The maximum Gasteiger partial charge on any atom is 0.271 e. The fourth-order valence-electron chi connectivity index (χ4n) is 4.69. The van der Waals surface area contributed by atoms with Gasteiger partial charge in [0.05, 0.1) is 24.0 Å². The van der Waals surface area contributed by atoms with Crippen LogP contribution in [-0.2, 0) is 11.3 Å². The number of carbonyl (C=O) groups excluding carboxylic acids is 3. The molecule has 0 aliphatic carbocycles. The quantitative estimate of drug-likeness (QED) is 0.249. The number of aromatic nitrogens is 2. The Bertz CT molecular complexity index is 1430. The predicted octanol–water partition coefficient (Wildman–Crippen LogP) is 3.77. The van der Waals surface area contributed by atoms with Gasteiger partial charge in [-0.15, -0.1) is 0 Å². The van der Waals surface area contributed by atoms with Gasteiger partial charge in [0.1, 0.15) is 17.0 Å². The molecule has 222 valence electrons. The van der Waals surface area contributed by atoms with Crippen LogP contribution in [0.15, 0.2) is 60.8 Å². The van der Waals surface area contributed by atoms with Gasteiger partial charge in [-0.1, -0.05) is 35.9 Å². The summed E-state index contributed by atoms with van der Waals surface area (Å²) in [6.07, 6.45) is 6.29. The minimum atomic E-state index is -0.509. The van der Waals surface area contributed by atoms with E-state index in [0.29, 0.717) is 12.3 Å². The highest BCUT2D eigenvalue weighted by molar-refractivity contribution is 6.35. The van der Waals surface area contributed by atoms with Crippen LogP contribution in [0.3, 0.4) is 0 Å². The van der Waals surface area contributed by atoms with Crippen molar-refractivity contribution in [1.29, 1.82) is 0 Å². The Hall–Kier alpha value is -4.19. The zero-order valence-corrected chi connectivity index (χ0v) is 24.7. The second-order valence-electron chi connectivity index (χ2n) is 10.3. The number of rotatable bonds is 11. The fraction of sp³-hybridized carbons (Fsp3) is 0.333. The maximum atomic E-state index is 13.1. The minimum absolute atomic E-state index is 0.0242. The van der Waals surface area contributed by atoms with E-state index in [2.05, 4.69) is 31.0 Å². The molecule has 2 aromatic carbocycles. The number of ether oxygens (including phenoxy) is 1. The van der Waals surface area contributed by atoms with Crippen LogP contribution in [-0.4, -0.2) is 84.6 Å². The molecular weight excluding hydrogens is 558 g/mol. The fourth-order valence-corrected chi connectivity index (χ4v) is 4.94. The molecule has 2 heterocycles. The monoisotopic (exact) mass is 593 g/mol. The highest BCUT2D eigenvalue weighted by atomic mass is 35.5. The number of anilines is 2. The number of nitrogens with one attached hydrogen (secondary N) is 4. The van der Waals surface area contributed by atoms with Gasteiger partial charge in [-0.25, -0.2) is 0 Å². The normalized spacial score (nSPS) is 14.2. The van der Waals surface area contributed by atoms with Crippen molar-refractivity contribution in [3.8, 4) is 5.75 Å². The number of benzene rings is 2. The molecule has 11 nitrogen and oxygen atoms in total. The molecule has 1 fully saturated rings. The molecule has 4 rings (SSSR count). The molecule has 1 aliphatic rings. The zero-order valence-electron chi connectivity index (χ0n) is 23.9. The van der Waals surface area contributed by atoms with Gasteiger partial charge in [0.2, 0.25) is 5.91 Å². The van der Waals surface area contributed by atoms with Crippen LogP contribution in [0.1, 0.15) is 39.3 Å². The van der Waals surface area contributed by atoms with E-state index in [9.17, 15) is 14.4 Å². The minimum Gasteiger partial charge on any atom is -0.496 e. The SMILES string of the molecule is COc1cccc(Cl)c1C(=O)Nc1cn[nH]c1C(=O)NC1CCN(Cc2cccc(NC(=O)C=CCN(C)C)c2)CC1. The van der Waals surface area contributed by atoms with E-state index in [1.807, 2.05) is 49.3 Å². The van der Waals surface area contributed by atoms with Crippen LogP contribution >= 0.6 is 11.6 Å². The second kappa shape index (κ2) is 14.6. The van der Waals surface area contributed by atoms with Crippen LogP contribution in [0.4, 0.5) is 11.4 Å². The van der Waals surface area contributed by atoms with Gasteiger partial charge in [-0.05, 0) is 56.8 Å². The van der Waals surface area contributed by atoms with Crippen molar-refractivity contribution in [3.05, 3.63) is 82.7 Å². The number of likely N-dealkylation sites (tertiary alicyclic amines) is 1. The molecule has 1 saturated heterocycles. The number of piperidine rings is 1. The first kappa shape index (κ1) is 30.8. The lowest BCUT2D eigenvalue weighted by molar-refractivity contribution is -0.111. The molecule has 0 atom stereocenters. The number of hydrogen-bond acceptors (Lipinski definition) is 7. The Kier molecular flexibility index (Phi) is 10.7. The van der Waals surface area contributed by atoms with E-state index in [1.54, 1.807) is 24.3 Å². The molecule has 12 heteroatoms. The summed E-state index contributed by atoms with van der Waals surface area (Å²) in [6, 6.07) is 12.7. The molecule has 3 aromatic rings. The van der Waals surface area contributed by atoms with E-state index in [1.165, 1.54) is 13.3 Å². The van der Waals surface area contributed by atoms with E-state index < -0.39 is 5.91 Å². The predicted molar refractivity (Wildman–Crippen MR) is 163 cm³/mol. The summed E-state index contributed by atoms with van der Waals surface area (Å²) >= 11 is 6.22. The third-order valence-corrected chi connectivity index (χ3v) is 7.12. The van der Waals surface area contributed by atoms with Crippen LogP contribution in [0.5, 0.6) is 5.75 Å². The first-order valence-corrected chi connectivity index (χ1v) is 14.0. The van der Waals surface area contributed by atoms with Crippen LogP contribution < -0.4 is 20.7 Å². The van der Waals surface area contributed by atoms with Crippen molar-refractivity contribution in [3.63, 3.8) is 0 Å². The summed E-state index contributed by atoms with van der Waals surface area (Å²) in [4.78, 5) is 42.5. The highest BCUT2D eigenvalue weighted by Crippen LogP contribution is 2.27. The summed E-state index contributed by atoms with van der Waals surface area (Å²) < 4.78 is 5.26. The summed E-state index contributed by atoms with van der Waals surface area (Å²) in [7, 11) is 5.34. The Morgan fingerprint density at radius 2 is 1.88 bits per heavy atom. The summed E-state index contributed by atoms with van der Waals surface area (Å²) in [6.45, 7) is 3.03. The number of nitrogens with zero attached hydrogens (tertiary/aromatic N) is 3. The lowest BCUT2D eigenvalue weighted by atomic mass is 10.0. The van der Waals surface area contributed by atoms with Gasteiger partial charge in [-0.3, -0.25) is 24.4 Å². The van der Waals surface area contributed by atoms with Gasteiger partial charge < -0.3 is 25.6 Å². The number of H-pyrrole nitrogens is 1. The Morgan fingerprint density at radius 1 is 1.12 bits per heavy atom. The van der Waals surface area contributed by atoms with Crippen molar-refractivity contribution >= 4 is 40.7 Å². The lowest BCUT2D eigenvalue weighted by Crippen LogP contribution is -2.44. The Balaban J connectivity index is 1.27. The third-order valence-electron chi connectivity index (χ3n) is 6.80. The van der Waals surface area contributed by atoms with E-state index in [0.717, 1.165) is 43.7 Å². The van der Waals surface area contributed by atoms with E-state index in [-0.39, 0.29) is 39.8 Å². The number of hydrogen-bond donors (Lipinski definition) is 4. The largest absolute Gasteiger partial charge is 0.496 e. The lowest BCUT2D eigenvalue weighted by Gasteiger charge is -2.32. The number of halogens is 1. The first-order valence-electron chi connectivity index (χ1n) is 13.6. The summed E-state index contributed by atoms with van der Waals surface area (Å²) in [5, 5.41) is 15.5. The molecule has 1 aliphatic heterocycles. The zero-order chi connectivity index (χ0) is 30.1. The van der Waals surface area contributed by atoms with Gasteiger partial charge in [0.25, 0.3) is 11.8 Å². The molecule has 3 amide bonds. The maximum absolute atomic E-state index is 13.1. The molecule has 0 spiro atoms. The number of carbonyl (C=O) groups is 3. The van der Waals surface area contributed by atoms with Gasteiger partial charge in [-0.2, -0.15) is 5.10 Å². The smallest absolute Gasteiger partial charge is 0.271 e. The standard InChI is InChI=1S/C30H36ClN7O4/c1-37(2)14-6-11-26(39)33-22-8-4-7-20(17-22)19-38-15-12-21(13-16-38)34-30(41)28-24(18-32-36-28)35-29(40)27-23(31)9-5-10-25(27)42-3/h4-11,17-18,21H,12-16,19H2,1-3H3,(H,32,36)(H,33,39)(H,34,41)(H,35,40). The first-order chi connectivity index (χ1) is 20.2. The molecule has 0 saturated carbocycles. The molecule has 4 N–H and O–H groups in total. The van der Waals surface area contributed by atoms with E-state index in [4.69, 9.17) is 16.3 Å². The topological polar surface area (TPSA) is 132 Å². The van der Waals surface area contributed by atoms with Crippen LogP contribution in [0.2, 0.25) is 5.02 Å². The number of likely N-dealkylation sites (N-methyl/N-ethyl adjacent to an activating group) is 1. The molecule has 0 bridgehead atoms. The average Bonchev–Trinajstić information content (AvgIpc) is 3.42. The highest BCUT2D eigenvalue weighted by Gasteiger charge is 2.25.